The van der Waals surface area contributed by atoms with Crippen molar-refractivity contribution < 1.29 is 24.2 Å². The quantitative estimate of drug-likeness (QED) is 0.806. The molecule has 0 aliphatic carbocycles. The molecule has 0 bridgehead atoms. The number of nitrogens with one attached hydrogen (secondary N) is 1. The van der Waals surface area contributed by atoms with Crippen molar-refractivity contribution in [2.75, 3.05) is 0 Å². The van der Waals surface area contributed by atoms with Crippen molar-refractivity contribution in [2.45, 2.75) is 6.04 Å². The second kappa shape index (κ2) is 5.70. The molecular formula is C13H10FNO4S. The zero-order chi connectivity index (χ0) is 14.7. The summed E-state index contributed by atoms with van der Waals surface area (Å²) in [6.45, 7) is 0. The highest BCUT2D eigenvalue weighted by atomic mass is 32.1. The van der Waals surface area contributed by atoms with Gasteiger partial charge < -0.3 is 15.5 Å². The van der Waals surface area contributed by atoms with Crippen LogP contribution in [-0.4, -0.2) is 22.1 Å². The topological polar surface area (TPSA) is 86.6 Å². The number of carbonyl (C=O) groups is 2. The summed E-state index contributed by atoms with van der Waals surface area (Å²) in [6, 6.07) is 5.01. The lowest BCUT2D eigenvalue weighted by molar-refractivity contribution is -0.139. The summed E-state index contributed by atoms with van der Waals surface area (Å²) in [5, 5.41) is 22.1. The lowest BCUT2D eigenvalue weighted by Crippen LogP contribution is -2.33. The first-order valence-corrected chi connectivity index (χ1v) is 6.42. The highest BCUT2D eigenvalue weighted by Crippen LogP contribution is 2.21. The standard InChI is InChI=1S/C13H10FNO4S/c14-9-6-7(16)3-4-8(9)12(17)15-11(13(18)19)10-2-1-5-20-10/h1-6,11,16H,(H,15,17)(H,18,19). The number of carboxylic acids is 1. The van der Waals surface area contributed by atoms with Crippen molar-refractivity contribution in [1.82, 2.24) is 5.32 Å². The highest BCUT2D eigenvalue weighted by molar-refractivity contribution is 7.10. The minimum atomic E-state index is -1.24. The van der Waals surface area contributed by atoms with Crippen molar-refractivity contribution in [1.29, 1.82) is 0 Å². The molecule has 20 heavy (non-hydrogen) atoms. The molecule has 1 amide bonds. The highest BCUT2D eigenvalue weighted by Gasteiger charge is 2.24. The SMILES string of the molecule is O=C(NC(C(=O)O)c1cccs1)c1ccc(O)cc1F. The Bertz CT molecular complexity index is 642. The molecule has 0 radical (unpaired) electrons. The van der Waals surface area contributed by atoms with Crippen LogP contribution in [0.3, 0.4) is 0 Å². The molecule has 3 N–H and O–H groups in total. The first-order chi connectivity index (χ1) is 9.49. The maximum atomic E-state index is 13.5. The Labute approximate surface area is 117 Å². The molecule has 0 saturated heterocycles. The summed E-state index contributed by atoms with van der Waals surface area (Å²) in [6.07, 6.45) is 0. The molecule has 1 heterocycles. The van der Waals surface area contributed by atoms with E-state index >= 15 is 0 Å². The zero-order valence-corrected chi connectivity index (χ0v) is 10.9. The second-order valence-electron chi connectivity index (χ2n) is 3.92. The summed E-state index contributed by atoms with van der Waals surface area (Å²) < 4.78 is 13.5. The number of phenols is 1. The van der Waals surface area contributed by atoms with Gasteiger partial charge >= 0.3 is 5.97 Å². The Morgan fingerprint density at radius 2 is 2.05 bits per heavy atom. The second-order valence-corrected chi connectivity index (χ2v) is 4.90. The molecule has 1 aromatic heterocycles. The average Bonchev–Trinajstić information content (AvgIpc) is 2.88. The molecule has 0 saturated carbocycles. The molecule has 1 atom stereocenters. The number of benzene rings is 1. The van der Waals surface area contributed by atoms with E-state index in [1.165, 1.54) is 11.3 Å². The molecule has 0 aliphatic heterocycles. The van der Waals surface area contributed by atoms with Crippen LogP contribution in [0.5, 0.6) is 5.75 Å². The van der Waals surface area contributed by atoms with Gasteiger partial charge in [0, 0.05) is 10.9 Å². The fourth-order valence-electron chi connectivity index (χ4n) is 1.61. The van der Waals surface area contributed by atoms with Crippen LogP contribution < -0.4 is 5.32 Å². The number of aliphatic carboxylic acids is 1. The number of amides is 1. The number of thiophene rings is 1. The monoisotopic (exact) mass is 295 g/mol. The molecular weight excluding hydrogens is 285 g/mol. The Kier molecular flexibility index (Phi) is 3.99. The van der Waals surface area contributed by atoms with E-state index in [2.05, 4.69) is 5.32 Å². The molecule has 104 valence electrons. The van der Waals surface area contributed by atoms with Crippen molar-refractivity contribution in [3.8, 4) is 5.75 Å². The van der Waals surface area contributed by atoms with Crippen molar-refractivity contribution in [3.63, 3.8) is 0 Å². The Balaban J connectivity index is 2.23. The number of carboxylic acid groups (broad SMARTS) is 1. The van der Waals surface area contributed by atoms with E-state index in [0.717, 1.165) is 18.2 Å². The van der Waals surface area contributed by atoms with Gasteiger partial charge in [0.05, 0.1) is 5.56 Å². The first kappa shape index (κ1) is 14.0. The average molecular weight is 295 g/mol. The van der Waals surface area contributed by atoms with Gasteiger partial charge in [-0.2, -0.15) is 0 Å². The fraction of sp³-hybridized carbons (Fsp3) is 0.0769. The molecule has 1 unspecified atom stereocenters. The molecule has 2 aromatic rings. The smallest absolute Gasteiger partial charge is 0.331 e. The van der Waals surface area contributed by atoms with Gasteiger partial charge in [-0.05, 0) is 23.6 Å². The van der Waals surface area contributed by atoms with Crippen molar-refractivity contribution in [2.24, 2.45) is 0 Å². The molecule has 0 fully saturated rings. The summed E-state index contributed by atoms with van der Waals surface area (Å²) in [7, 11) is 0. The number of hydrogen-bond acceptors (Lipinski definition) is 4. The number of halogens is 1. The van der Waals surface area contributed by atoms with Crippen molar-refractivity contribution in [3.05, 3.63) is 52.0 Å². The van der Waals surface area contributed by atoms with Gasteiger partial charge in [0.2, 0.25) is 0 Å². The number of hydrogen-bond donors (Lipinski definition) is 3. The van der Waals surface area contributed by atoms with Crippen LogP contribution in [0, 0.1) is 5.82 Å². The van der Waals surface area contributed by atoms with Gasteiger partial charge in [-0.15, -0.1) is 11.3 Å². The number of rotatable bonds is 4. The van der Waals surface area contributed by atoms with E-state index in [1.54, 1.807) is 17.5 Å². The van der Waals surface area contributed by atoms with Crippen LogP contribution >= 0.6 is 11.3 Å². The van der Waals surface area contributed by atoms with Crippen molar-refractivity contribution >= 4 is 23.2 Å². The molecule has 7 heteroatoms. The van der Waals surface area contributed by atoms with Gasteiger partial charge in [-0.3, -0.25) is 4.79 Å². The van der Waals surface area contributed by atoms with E-state index in [9.17, 15) is 14.0 Å². The Morgan fingerprint density at radius 1 is 1.30 bits per heavy atom. The Hall–Kier alpha value is -2.41. The van der Waals surface area contributed by atoms with Crippen LogP contribution in [0.2, 0.25) is 0 Å². The number of aromatic hydroxyl groups is 1. The van der Waals surface area contributed by atoms with Gasteiger partial charge in [0.1, 0.15) is 11.6 Å². The number of phenolic OH excluding ortho intramolecular Hbond substituents is 1. The summed E-state index contributed by atoms with van der Waals surface area (Å²) in [4.78, 5) is 23.5. The van der Waals surface area contributed by atoms with Crippen LogP contribution in [0.4, 0.5) is 4.39 Å². The van der Waals surface area contributed by atoms with Crippen LogP contribution in [0.25, 0.3) is 0 Å². The van der Waals surface area contributed by atoms with E-state index in [-0.39, 0.29) is 11.3 Å². The van der Waals surface area contributed by atoms with E-state index in [0.29, 0.717) is 4.88 Å². The van der Waals surface area contributed by atoms with Gasteiger partial charge in [-0.1, -0.05) is 6.07 Å². The summed E-state index contributed by atoms with van der Waals surface area (Å²) >= 11 is 1.17. The third-order valence-corrected chi connectivity index (χ3v) is 3.48. The maximum absolute atomic E-state index is 13.5. The van der Waals surface area contributed by atoms with Gasteiger partial charge in [0.25, 0.3) is 5.91 Å². The fourth-order valence-corrected chi connectivity index (χ4v) is 2.37. The Morgan fingerprint density at radius 3 is 2.60 bits per heavy atom. The molecule has 5 nitrogen and oxygen atoms in total. The van der Waals surface area contributed by atoms with Crippen LogP contribution in [-0.2, 0) is 4.79 Å². The molecule has 0 spiro atoms. The minimum Gasteiger partial charge on any atom is -0.508 e. The van der Waals surface area contributed by atoms with Crippen LogP contribution in [0.1, 0.15) is 21.3 Å². The molecule has 0 aliphatic rings. The summed E-state index contributed by atoms with van der Waals surface area (Å²) in [5.41, 5.74) is -0.328. The zero-order valence-electron chi connectivity index (χ0n) is 10.0. The third-order valence-electron chi connectivity index (χ3n) is 2.55. The predicted octanol–water partition coefficient (Wildman–Crippen LogP) is 2.15. The van der Waals surface area contributed by atoms with Gasteiger partial charge in [0.15, 0.2) is 6.04 Å². The molecule has 1 aromatic carbocycles. The normalized spacial score (nSPS) is 11.8. The largest absolute Gasteiger partial charge is 0.508 e. The summed E-state index contributed by atoms with van der Waals surface area (Å²) in [5.74, 6) is -3.33. The molecule has 2 rings (SSSR count). The maximum Gasteiger partial charge on any atom is 0.331 e. The van der Waals surface area contributed by atoms with Gasteiger partial charge in [-0.25, -0.2) is 9.18 Å². The predicted molar refractivity (Wildman–Crippen MR) is 70.2 cm³/mol. The lowest BCUT2D eigenvalue weighted by atomic mass is 10.1. The number of carbonyl (C=O) groups excluding carboxylic acids is 1. The van der Waals surface area contributed by atoms with E-state index in [4.69, 9.17) is 10.2 Å². The minimum absolute atomic E-state index is 0.313. The van der Waals surface area contributed by atoms with E-state index < -0.39 is 23.7 Å². The van der Waals surface area contributed by atoms with E-state index in [1.807, 2.05) is 0 Å². The lowest BCUT2D eigenvalue weighted by Gasteiger charge is -2.13. The first-order valence-electron chi connectivity index (χ1n) is 5.54. The third kappa shape index (κ3) is 2.94. The van der Waals surface area contributed by atoms with Crippen LogP contribution in [0.15, 0.2) is 35.7 Å².